The zero-order chi connectivity index (χ0) is 19.8. The number of likely N-dealkylation sites (tertiary alicyclic amines) is 2. The molecular weight excluding hydrogens is 360 g/mol. The summed E-state index contributed by atoms with van der Waals surface area (Å²) in [4.78, 5) is 5.16. The van der Waals surface area contributed by atoms with E-state index in [0.717, 1.165) is 37.0 Å². The fourth-order valence-electron chi connectivity index (χ4n) is 5.32. The molecule has 1 aromatic heterocycles. The molecule has 5 heteroatoms. The fourth-order valence-corrected chi connectivity index (χ4v) is 5.32. The van der Waals surface area contributed by atoms with Gasteiger partial charge in [0.2, 0.25) is 0 Å². The number of benzene rings is 2. The third-order valence-electron chi connectivity index (χ3n) is 6.54. The molecule has 29 heavy (non-hydrogen) atoms. The van der Waals surface area contributed by atoms with Crippen molar-refractivity contribution >= 4 is 0 Å². The summed E-state index contributed by atoms with van der Waals surface area (Å²) >= 11 is 0. The Kier molecular flexibility index (Phi) is 4.86. The van der Waals surface area contributed by atoms with E-state index in [1.165, 1.54) is 17.7 Å². The zero-order valence-corrected chi connectivity index (χ0v) is 17.1. The molecule has 0 unspecified atom stereocenters. The molecule has 2 aromatic carbocycles. The minimum Gasteiger partial charge on any atom is -0.497 e. The van der Waals surface area contributed by atoms with Crippen LogP contribution in [0, 0.1) is 11.8 Å². The first-order chi connectivity index (χ1) is 14.2. The van der Waals surface area contributed by atoms with Gasteiger partial charge in [0.1, 0.15) is 5.75 Å². The van der Waals surface area contributed by atoms with Crippen LogP contribution in [0.4, 0.5) is 0 Å². The highest BCUT2D eigenvalue weighted by Gasteiger charge is 2.45. The van der Waals surface area contributed by atoms with E-state index < -0.39 is 0 Å². The molecule has 0 aliphatic carbocycles. The van der Waals surface area contributed by atoms with Gasteiger partial charge in [0.15, 0.2) is 0 Å². The third-order valence-corrected chi connectivity index (χ3v) is 6.54. The van der Waals surface area contributed by atoms with Gasteiger partial charge in [-0.3, -0.25) is 9.80 Å². The summed E-state index contributed by atoms with van der Waals surface area (Å²) in [6.07, 6.45) is 3.83. The molecule has 2 saturated heterocycles. The molecule has 0 amide bonds. The van der Waals surface area contributed by atoms with Crippen LogP contribution < -0.4 is 4.74 Å². The van der Waals surface area contributed by atoms with Gasteiger partial charge in [0, 0.05) is 44.6 Å². The average molecular weight is 389 g/mol. The van der Waals surface area contributed by atoms with Gasteiger partial charge in [-0.25, -0.2) is 4.68 Å². The van der Waals surface area contributed by atoms with E-state index in [2.05, 4.69) is 64.4 Å². The predicted molar refractivity (Wildman–Crippen MR) is 114 cm³/mol. The second-order valence-corrected chi connectivity index (χ2v) is 8.36. The van der Waals surface area contributed by atoms with E-state index >= 15 is 0 Å². The Morgan fingerprint density at radius 1 is 1.03 bits per heavy atom. The van der Waals surface area contributed by atoms with Gasteiger partial charge in [-0.15, -0.1) is 0 Å². The van der Waals surface area contributed by atoms with Crippen LogP contribution in [-0.4, -0.2) is 53.4 Å². The molecule has 150 valence electrons. The van der Waals surface area contributed by atoms with Crippen molar-refractivity contribution in [2.45, 2.75) is 12.6 Å². The lowest BCUT2D eigenvalue weighted by atomic mass is 9.90. The molecule has 0 saturated carbocycles. The number of fused-ring (bicyclic) bond motifs is 1. The summed E-state index contributed by atoms with van der Waals surface area (Å²) in [6, 6.07) is 19.8. The summed E-state index contributed by atoms with van der Waals surface area (Å²) in [6.45, 7) is 4.37. The molecule has 5 nitrogen and oxygen atoms in total. The number of ether oxygens (including phenoxy) is 1. The van der Waals surface area contributed by atoms with Crippen LogP contribution in [0.15, 0.2) is 67.0 Å². The Hall–Kier alpha value is -2.63. The molecule has 3 heterocycles. The van der Waals surface area contributed by atoms with Crippen molar-refractivity contribution in [2.75, 3.05) is 33.8 Å². The first-order valence-corrected chi connectivity index (χ1v) is 10.4. The van der Waals surface area contributed by atoms with Crippen molar-refractivity contribution in [3.8, 4) is 11.4 Å². The number of rotatable bonds is 5. The zero-order valence-electron chi connectivity index (χ0n) is 17.1. The lowest BCUT2D eigenvalue weighted by Gasteiger charge is -2.27. The van der Waals surface area contributed by atoms with Crippen LogP contribution in [-0.2, 0) is 6.54 Å². The second-order valence-electron chi connectivity index (χ2n) is 8.36. The predicted octanol–water partition coefficient (Wildman–Crippen LogP) is 3.62. The van der Waals surface area contributed by atoms with Crippen LogP contribution in [0.1, 0.15) is 17.2 Å². The maximum atomic E-state index is 5.50. The maximum absolute atomic E-state index is 5.50. The van der Waals surface area contributed by atoms with Crippen molar-refractivity contribution in [2.24, 2.45) is 11.8 Å². The van der Waals surface area contributed by atoms with E-state index in [-0.39, 0.29) is 0 Å². The van der Waals surface area contributed by atoms with E-state index in [9.17, 15) is 0 Å². The second kappa shape index (κ2) is 7.65. The molecule has 2 aliphatic heterocycles. The van der Waals surface area contributed by atoms with Gasteiger partial charge in [0.05, 0.1) is 12.8 Å². The van der Waals surface area contributed by atoms with Crippen molar-refractivity contribution in [1.29, 1.82) is 0 Å². The summed E-state index contributed by atoms with van der Waals surface area (Å²) in [5, 5.41) is 4.45. The van der Waals surface area contributed by atoms with Crippen molar-refractivity contribution in [3.63, 3.8) is 0 Å². The van der Waals surface area contributed by atoms with Gasteiger partial charge in [0.25, 0.3) is 0 Å². The van der Waals surface area contributed by atoms with Gasteiger partial charge >= 0.3 is 0 Å². The molecule has 5 rings (SSSR count). The molecule has 2 aliphatic rings. The van der Waals surface area contributed by atoms with E-state index in [1.807, 2.05) is 29.2 Å². The molecular formula is C24H28N4O. The van der Waals surface area contributed by atoms with Crippen molar-refractivity contribution < 1.29 is 4.74 Å². The van der Waals surface area contributed by atoms with Crippen molar-refractivity contribution in [3.05, 3.63) is 78.1 Å². The van der Waals surface area contributed by atoms with Crippen LogP contribution in [0.25, 0.3) is 5.69 Å². The Balaban J connectivity index is 1.38. The normalized spacial score (nSPS) is 24.7. The van der Waals surface area contributed by atoms with Crippen LogP contribution in [0.3, 0.4) is 0 Å². The highest BCUT2D eigenvalue weighted by Crippen LogP contribution is 2.44. The van der Waals surface area contributed by atoms with E-state index in [4.69, 9.17) is 4.74 Å². The Bertz CT molecular complexity index is 956. The number of methoxy groups -OCH3 is 1. The molecule has 3 atom stereocenters. The fraction of sp³-hybridized carbons (Fsp3) is 0.375. The topological polar surface area (TPSA) is 33.5 Å². The highest BCUT2D eigenvalue weighted by molar-refractivity contribution is 5.45. The van der Waals surface area contributed by atoms with Gasteiger partial charge in [-0.05, 0) is 54.3 Å². The summed E-state index contributed by atoms with van der Waals surface area (Å²) < 4.78 is 7.45. The van der Waals surface area contributed by atoms with E-state index in [0.29, 0.717) is 12.0 Å². The molecule has 0 radical (unpaired) electrons. The monoisotopic (exact) mass is 388 g/mol. The highest BCUT2D eigenvalue weighted by atomic mass is 16.5. The number of aromatic nitrogens is 2. The summed E-state index contributed by atoms with van der Waals surface area (Å²) in [7, 11) is 4.01. The molecule has 0 spiro atoms. The molecule has 0 bridgehead atoms. The van der Waals surface area contributed by atoms with Gasteiger partial charge in [-0.2, -0.15) is 5.10 Å². The van der Waals surface area contributed by atoms with Crippen LogP contribution in [0.2, 0.25) is 0 Å². The Labute approximate surface area is 172 Å². The minimum absolute atomic E-state index is 0.516. The summed E-state index contributed by atoms with van der Waals surface area (Å²) in [5.74, 6) is 2.31. The lowest BCUT2D eigenvalue weighted by Crippen LogP contribution is -2.29. The van der Waals surface area contributed by atoms with Crippen LogP contribution in [0.5, 0.6) is 5.75 Å². The molecule has 2 fully saturated rings. The number of hydrogen-bond acceptors (Lipinski definition) is 4. The summed E-state index contributed by atoms with van der Waals surface area (Å²) in [5.41, 5.74) is 3.84. The quantitative estimate of drug-likeness (QED) is 0.669. The molecule has 3 aromatic rings. The SMILES string of the molecule is COc1ccc(-n2cccn2)c(CN2C[C@@H]3CN(C)[C@@H](c4ccccc4)[C@@H]3C2)c1. The maximum Gasteiger partial charge on any atom is 0.119 e. The van der Waals surface area contributed by atoms with Crippen LogP contribution >= 0.6 is 0 Å². The largest absolute Gasteiger partial charge is 0.497 e. The van der Waals surface area contributed by atoms with Crippen molar-refractivity contribution in [1.82, 2.24) is 19.6 Å². The standard InChI is InChI=1S/C24H28N4O/c1-26-14-20-16-27(17-22(20)24(26)18-7-4-3-5-8-18)15-19-13-21(29-2)9-10-23(19)28-12-6-11-25-28/h3-13,20,22,24H,14-17H2,1-2H3/t20-,22+,24-/m0/s1. The first-order valence-electron chi connectivity index (χ1n) is 10.4. The van der Waals surface area contributed by atoms with Gasteiger partial charge in [-0.1, -0.05) is 30.3 Å². The third kappa shape index (κ3) is 3.45. The molecule has 0 N–H and O–H groups in total. The smallest absolute Gasteiger partial charge is 0.119 e. The number of nitrogens with zero attached hydrogens (tertiary/aromatic N) is 4. The first kappa shape index (κ1) is 18.4. The Morgan fingerprint density at radius 2 is 1.90 bits per heavy atom. The number of hydrogen-bond donors (Lipinski definition) is 0. The van der Waals surface area contributed by atoms with Gasteiger partial charge < -0.3 is 4.74 Å². The lowest BCUT2D eigenvalue weighted by molar-refractivity contribution is 0.224. The Morgan fingerprint density at radius 3 is 2.66 bits per heavy atom. The average Bonchev–Trinajstić information content (AvgIpc) is 3.45. The van der Waals surface area contributed by atoms with E-state index in [1.54, 1.807) is 7.11 Å². The minimum atomic E-state index is 0.516.